The second kappa shape index (κ2) is 5.45. The average molecular weight is 284 g/mol. The molecular weight excluding hydrogens is 275 g/mol. The summed E-state index contributed by atoms with van der Waals surface area (Å²) in [4.78, 5) is 16.1. The van der Waals surface area contributed by atoms with Crippen molar-refractivity contribution in [2.24, 2.45) is 0 Å². The average Bonchev–Trinajstić information content (AvgIpc) is 3.04. The predicted octanol–water partition coefficient (Wildman–Crippen LogP) is 1.45. The molecule has 1 aromatic carbocycles. The molecule has 7 nitrogen and oxygen atoms in total. The molecule has 0 aliphatic carbocycles. The van der Waals surface area contributed by atoms with Gasteiger partial charge in [-0.05, 0) is 34.7 Å². The lowest BCUT2D eigenvalue weighted by Crippen LogP contribution is -2.16. The first-order valence-corrected chi connectivity index (χ1v) is 5.99. The third-order valence-electron chi connectivity index (χ3n) is 2.71. The van der Waals surface area contributed by atoms with Crippen LogP contribution in [0, 0.1) is 5.82 Å². The van der Waals surface area contributed by atoms with Gasteiger partial charge < -0.3 is 5.32 Å². The summed E-state index contributed by atoms with van der Waals surface area (Å²) in [6.45, 7) is 0. The molecule has 3 rings (SSSR count). The summed E-state index contributed by atoms with van der Waals surface area (Å²) in [6, 6.07) is 9.44. The lowest BCUT2D eigenvalue weighted by Gasteiger charge is -2.08. The van der Waals surface area contributed by atoms with Crippen LogP contribution in [0.25, 0.3) is 5.69 Å². The third kappa shape index (κ3) is 2.73. The normalized spacial score (nSPS) is 10.3. The number of nitrogens with zero attached hydrogens (tertiary/aromatic N) is 5. The monoisotopic (exact) mass is 284 g/mol. The zero-order chi connectivity index (χ0) is 14.7. The molecule has 0 aliphatic heterocycles. The van der Waals surface area contributed by atoms with Crippen molar-refractivity contribution < 1.29 is 9.18 Å². The van der Waals surface area contributed by atoms with Crippen LogP contribution in [-0.2, 0) is 0 Å². The number of aromatic nitrogens is 5. The van der Waals surface area contributed by atoms with Gasteiger partial charge in [0.1, 0.15) is 18.0 Å². The first kappa shape index (κ1) is 12.9. The highest BCUT2D eigenvalue weighted by atomic mass is 19.1. The van der Waals surface area contributed by atoms with Crippen molar-refractivity contribution in [1.82, 2.24) is 25.2 Å². The van der Waals surface area contributed by atoms with Crippen molar-refractivity contribution in [3.63, 3.8) is 0 Å². The smallest absolute Gasteiger partial charge is 0.259 e. The maximum atomic E-state index is 12.8. The van der Waals surface area contributed by atoms with E-state index >= 15 is 0 Å². The van der Waals surface area contributed by atoms with Gasteiger partial charge in [0, 0.05) is 0 Å². The summed E-state index contributed by atoms with van der Waals surface area (Å²) >= 11 is 0. The Bertz CT molecular complexity index is 757. The fourth-order valence-corrected chi connectivity index (χ4v) is 1.77. The lowest BCUT2D eigenvalue weighted by atomic mass is 10.1. The lowest BCUT2D eigenvalue weighted by molar-refractivity contribution is 0.102. The molecule has 1 amide bonds. The fourth-order valence-electron chi connectivity index (χ4n) is 1.77. The zero-order valence-electron chi connectivity index (χ0n) is 10.6. The van der Waals surface area contributed by atoms with Crippen LogP contribution in [0.2, 0.25) is 0 Å². The SMILES string of the molecule is O=C(Nc1ccc(F)cn1)c1ccccc1-n1cnnn1. The first-order valence-electron chi connectivity index (χ1n) is 5.99. The Hall–Kier alpha value is -3.16. The van der Waals surface area contributed by atoms with Gasteiger partial charge >= 0.3 is 0 Å². The van der Waals surface area contributed by atoms with E-state index in [9.17, 15) is 9.18 Å². The largest absolute Gasteiger partial charge is 0.306 e. The van der Waals surface area contributed by atoms with Crippen LogP contribution in [0.5, 0.6) is 0 Å². The minimum atomic E-state index is -0.470. The van der Waals surface area contributed by atoms with Gasteiger partial charge in [-0.15, -0.1) is 5.10 Å². The fraction of sp³-hybridized carbons (Fsp3) is 0. The number of hydrogen-bond donors (Lipinski definition) is 1. The molecule has 0 fully saturated rings. The second-order valence-electron chi connectivity index (χ2n) is 4.09. The topological polar surface area (TPSA) is 85.6 Å². The number of halogens is 1. The summed E-state index contributed by atoms with van der Waals surface area (Å²) in [5.41, 5.74) is 0.901. The summed E-state index contributed by atoms with van der Waals surface area (Å²) in [6.07, 6.45) is 2.42. The molecule has 2 aromatic heterocycles. The number of pyridine rings is 1. The highest BCUT2D eigenvalue weighted by Gasteiger charge is 2.13. The van der Waals surface area contributed by atoms with E-state index in [1.165, 1.54) is 23.1 Å². The minimum absolute atomic E-state index is 0.257. The van der Waals surface area contributed by atoms with E-state index in [1.54, 1.807) is 24.3 Å². The van der Waals surface area contributed by atoms with Gasteiger partial charge in [-0.2, -0.15) is 4.68 Å². The number of para-hydroxylation sites is 1. The molecule has 2 heterocycles. The van der Waals surface area contributed by atoms with Gasteiger partial charge in [-0.25, -0.2) is 9.37 Å². The van der Waals surface area contributed by atoms with Crippen molar-refractivity contribution in [3.8, 4) is 5.69 Å². The van der Waals surface area contributed by atoms with Crippen molar-refractivity contribution in [2.75, 3.05) is 5.32 Å². The number of rotatable bonds is 3. The maximum Gasteiger partial charge on any atom is 0.259 e. The van der Waals surface area contributed by atoms with Crippen LogP contribution >= 0.6 is 0 Å². The number of anilines is 1. The Morgan fingerprint density at radius 3 is 2.76 bits per heavy atom. The van der Waals surface area contributed by atoms with Crippen LogP contribution in [0.4, 0.5) is 10.2 Å². The molecule has 0 spiro atoms. The predicted molar refractivity (Wildman–Crippen MR) is 71.3 cm³/mol. The highest BCUT2D eigenvalue weighted by molar-refractivity contribution is 6.06. The zero-order valence-corrected chi connectivity index (χ0v) is 10.6. The molecule has 0 aliphatic rings. The summed E-state index contributed by atoms with van der Waals surface area (Å²) in [7, 11) is 0. The van der Waals surface area contributed by atoms with E-state index in [2.05, 4.69) is 25.8 Å². The van der Waals surface area contributed by atoms with Crippen LogP contribution in [0.1, 0.15) is 10.4 Å². The molecule has 104 valence electrons. The number of nitrogens with one attached hydrogen (secondary N) is 1. The van der Waals surface area contributed by atoms with Crippen molar-refractivity contribution in [3.05, 3.63) is 60.3 Å². The third-order valence-corrected chi connectivity index (χ3v) is 2.71. The van der Waals surface area contributed by atoms with Crippen molar-refractivity contribution >= 4 is 11.7 Å². The molecule has 0 radical (unpaired) electrons. The number of hydrogen-bond acceptors (Lipinski definition) is 5. The van der Waals surface area contributed by atoms with Gasteiger partial charge in [-0.3, -0.25) is 4.79 Å². The Kier molecular flexibility index (Phi) is 3.34. The van der Waals surface area contributed by atoms with Crippen LogP contribution < -0.4 is 5.32 Å². The van der Waals surface area contributed by atoms with Gasteiger partial charge in [0.2, 0.25) is 0 Å². The van der Waals surface area contributed by atoms with E-state index in [1.807, 2.05) is 0 Å². The van der Waals surface area contributed by atoms with Crippen molar-refractivity contribution in [1.29, 1.82) is 0 Å². The second-order valence-corrected chi connectivity index (χ2v) is 4.09. The number of tetrazole rings is 1. The summed E-state index contributed by atoms with van der Waals surface area (Å²) in [5, 5.41) is 13.4. The Morgan fingerprint density at radius 1 is 1.19 bits per heavy atom. The molecule has 8 heteroatoms. The standard InChI is InChI=1S/C13H9FN6O/c14-9-5-6-12(15-7-9)17-13(21)10-3-1-2-4-11(10)20-8-16-18-19-20/h1-8H,(H,15,17,21). The number of amides is 1. The van der Waals surface area contributed by atoms with E-state index in [0.29, 0.717) is 11.3 Å². The van der Waals surface area contributed by atoms with Crippen LogP contribution in [0.15, 0.2) is 48.9 Å². The quantitative estimate of drug-likeness (QED) is 0.786. The number of carbonyl (C=O) groups excluding carboxylic acids is 1. The van der Waals surface area contributed by atoms with Crippen molar-refractivity contribution in [2.45, 2.75) is 0 Å². The van der Waals surface area contributed by atoms with Gasteiger partial charge in [0.25, 0.3) is 5.91 Å². The number of benzene rings is 1. The van der Waals surface area contributed by atoms with Crippen LogP contribution in [-0.4, -0.2) is 31.1 Å². The van der Waals surface area contributed by atoms with E-state index in [0.717, 1.165) is 6.20 Å². The molecule has 0 bridgehead atoms. The summed E-state index contributed by atoms with van der Waals surface area (Å²) < 4.78 is 14.2. The van der Waals surface area contributed by atoms with E-state index < -0.39 is 5.82 Å². The molecule has 3 aromatic rings. The Morgan fingerprint density at radius 2 is 2.05 bits per heavy atom. The molecule has 0 unspecified atom stereocenters. The van der Waals surface area contributed by atoms with Crippen LogP contribution in [0.3, 0.4) is 0 Å². The van der Waals surface area contributed by atoms with E-state index in [4.69, 9.17) is 0 Å². The van der Waals surface area contributed by atoms with Gasteiger partial charge in [0.15, 0.2) is 0 Å². The Balaban J connectivity index is 1.90. The molecule has 0 saturated carbocycles. The molecule has 0 atom stereocenters. The minimum Gasteiger partial charge on any atom is -0.306 e. The highest BCUT2D eigenvalue weighted by Crippen LogP contribution is 2.14. The van der Waals surface area contributed by atoms with E-state index in [-0.39, 0.29) is 11.7 Å². The van der Waals surface area contributed by atoms with Gasteiger partial charge in [0.05, 0.1) is 17.4 Å². The van der Waals surface area contributed by atoms with Gasteiger partial charge in [-0.1, -0.05) is 12.1 Å². The molecule has 1 N–H and O–H groups in total. The number of carbonyl (C=O) groups is 1. The first-order chi connectivity index (χ1) is 10.2. The molecule has 0 saturated heterocycles. The molecule has 21 heavy (non-hydrogen) atoms. The Labute approximate surface area is 118 Å². The summed E-state index contributed by atoms with van der Waals surface area (Å²) in [5.74, 6) is -0.602. The maximum absolute atomic E-state index is 12.8. The molecular formula is C13H9FN6O.